The molecule has 1 N–H and O–H groups in total. The summed E-state index contributed by atoms with van der Waals surface area (Å²) in [6, 6.07) is 25.7. The molecule has 0 saturated heterocycles. The molecule has 2 heterocycles. The first-order valence-electron chi connectivity index (χ1n) is 11.0. The van der Waals surface area contributed by atoms with E-state index in [-0.39, 0.29) is 6.04 Å². The van der Waals surface area contributed by atoms with E-state index in [0.29, 0.717) is 16.8 Å². The second kappa shape index (κ2) is 9.11. The van der Waals surface area contributed by atoms with Crippen molar-refractivity contribution >= 4 is 28.6 Å². The maximum atomic E-state index is 5.83. The number of anilines is 1. The Morgan fingerprint density at radius 1 is 0.971 bits per heavy atom. The van der Waals surface area contributed by atoms with Crippen LogP contribution in [-0.2, 0) is 0 Å². The number of nitrogens with zero attached hydrogens (tertiary/aromatic N) is 3. The van der Waals surface area contributed by atoms with Crippen LogP contribution in [0.4, 0.5) is 5.69 Å². The topological polar surface area (TPSA) is 63.4 Å². The van der Waals surface area contributed by atoms with Crippen LogP contribution in [0.1, 0.15) is 30.0 Å². The summed E-state index contributed by atoms with van der Waals surface area (Å²) >= 11 is 5.83. The zero-order valence-electron chi connectivity index (χ0n) is 19.1. The SMILES string of the molecule is COc1ccc(C2NC(=S)N(c3cccc(C)c3)C(C)=C2c2nc(-c3ccccc3)no2)cc1. The van der Waals surface area contributed by atoms with Gasteiger partial charge in [0.2, 0.25) is 5.82 Å². The summed E-state index contributed by atoms with van der Waals surface area (Å²) in [7, 11) is 1.65. The molecule has 6 nitrogen and oxygen atoms in total. The lowest BCUT2D eigenvalue weighted by atomic mass is 9.94. The molecule has 0 amide bonds. The molecule has 1 atom stereocenters. The molecule has 0 radical (unpaired) electrons. The van der Waals surface area contributed by atoms with Crippen LogP contribution >= 0.6 is 12.2 Å². The zero-order chi connectivity index (χ0) is 23.7. The fraction of sp³-hybridized carbons (Fsp3) is 0.148. The number of hydrogen-bond donors (Lipinski definition) is 1. The standard InChI is InChI=1S/C27H24N4O2S/c1-17-8-7-11-21(16-17)31-18(2)23(26-29-25(30-33-26)20-9-5-4-6-10-20)24(28-27(31)34)19-12-14-22(32-3)15-13-19/h4-16,24H,1-3H3,(H,28,34). The first kappa shape index (κ1) is 21.9. The highest BCUT2D eigenvalue weighted by atomic mass is 32.1. The van der Waals surface area contributed by atoms with Crippen LogP contribution in [-0.4, -0.2) is 22.4 Å². The van der Waals surface area contributed by atoms with E-state index >= 15 is 0 Å². The van der Waals surface area contributed by atoms with Crippen LogP contribution in [0.5, 0.6) is 5.75 Å². The van der Waals surface area contributed by atoms with Crippen LogP contribution in [0.2, 0.25) is 0 Å². The van der Waals surface area contributed by atoms with E-state index in [4.69, 9.17) is 26.5 Å². The second-order valence-electron chi connectivity index (χ2n) is 8.12. The lowest BCUT2D eigenvalue weighted by Gasteiger charge is -2.37. The Hall–Kier alpha value is -3.97. The number of hydrogen-bond acceptors (Lipinski definition) is 5. The highest BCUT2D eigenvalue weighted by molar-refractivity contribution is 7.80. The third-order valence-corrected chi connectivity index (χ3v) is 6.18. The van der Waals surface area contributed by atoms with Crippen LogP contribution in [0.15, 0.2) is 89.1 Å². The molecule has 1 unspecified atom stereocenters. The molecule has 1 aliphatic rings. The number of nitrogens with one attached hydrogen (secondary N) is 1. The summed E-state index contributed by atoms with van der Waals surface area (Å²) in [5.74, 6) is 1.78. The van der Waals surface area contributed by atoms with Crippen LogP contribution in [0.25, 0.3) is 17.0 Å². The van der Waals surface area contributed by atoms with Gasteiger partial charge in [0.25, 0.3) is 5.89 Å². The average Bonchev–Trinajstić information content (AvgIpc) is 3.34. The molecule has 0 spiro atoms. The molecule has 0 fully saturated rings. The molecule has 0 saturated carbocycles. The van der Waals surface area contributed by atoms with Gasteiger partial charge in [-0.2, -0.15) is 4.98 Å². The summed E-state index contributed by atoms with van der Waals surface area (Å²) < 4.78 is 11.2. The number of benzene rings is 3. The van der Waals surface area contributed by atoms with E-state index in [2.05, 4.69) is 29.5 Å². The Morgan fingerprint density at radius 2 is 1.74 bits per heavy atom. The Balaban J connectivity index is 1.65. The molecular weight excluding hydrogens is 444 g/mol. The van der Waals surface area contributed by atoms with Crippen molar-refractivity contribution in [3.05, 3.63) is 102 Å². The molecule has 7 heteroatoms. The Kier molecular flexibility index (Phi) is 5.86. The van der Waals surface area contributed by atoms with Gasteiger partial charge in [0.05, 0.1) is 18.7 Å². The van der Waals surface area contributed by atoms with Crippen molar-refractivity contribution in [1.29, 1.82) is 0 Å². The summed E-state index contributed by atoms with van der Waals surface area (Å²) in [6.07, 6.45) is 0. The zero-order valence-corrected chi connectivity index (χ0v) is 20.0. The lowest BCUT2D eigenvalue weighted by molar-refractivity contribution is 0.404. The molecule has 0 bridgehead atoms. The maximum Gasteiger partial charge on any atom is 0.258 e. The molecule has 5 rings (SSSR count). The minimum absolute atomic E-state index is 0.261. The van der Waals surface area contributed by atoms with E-state index in [1.807, 2.05) is 78.6 Å². The summed E-state index contributed by atoms with van der Waals surface area (Å²) in [5.41, 5.74) is 5.83. The third kappa shape index (κ3) is 4.06. The van der Waals surface area contributed by atoms with Crippen molar-refractivity contribution in [2.75, 3.05) is 12.0 Å². The Labute approximate surface area is 203 Å². The van der Waals surface area contributed by atoms with Crippen molar-refractivity contribution < 1.29 is 9.26 Å². The van der Waals surface area contributed by atoms with E-state index in [1.165, 1.54) is 0 Å². The molecule has 1 aromatic heterocycles. The molecule has 170 valence electrons. The average molecular weight is 469 g/mol. The molecular formula is C27H24N4O2S. The van der Waals surface area contributed by atoms with Gasteiger partial charge < -0.3 is 14.6 Å². The number of rotatable bonds is 5. The molecule has 4 aromatic rings. The molecule has 1 aliphatic heterocycles. The van der Waals surface area contributed by atoms with Gasteiger partial charge >= 0.3 is 0 Å². The van der Waals surface area contributed by atoms with Crippen LogP contribution < -0.4 is 15.0 Å². The van der Waals surface area contributed by atoms with Crippen molar-refractivity contribution in [2.24, 2.45) is 0 Å². The normalized spacial score (nSPS) is 15.9. The van der Waals surface area contributed by atoms with Gasteiger partial charge in [-0.05, 0) is 61.5 Å². The molecule has 3 aromatic carbocycles. The highest BCUT2D eigenvalue weighted by Crippen LogP contribution is 2.39. The minimum Gasteiger partial charge on any atom is -0.497 e. The quantitative estimate of drug-likeness (QED) is 0.365. The highest BCUT2D eigenvalue weighted by Gasteiger charge is 2.34. The first-order chi connectivity index (χ1) is 16.5. The number of aryl methyl sites for hydroxylation is 1. The number of aromatic nitrogens is 2. The summed E-state index contributed by atoms with van der Waals surface area (Å²) in [4.78, 5) is 6.78. The lowest BCUT2D eigenvalue weighted by Crippen LogP contribution is -2.46. The fourth-order valence-electron chi connectivity index (χ4n) is 4.18. The predicted molar refractivity (Wildman–Crippen MR) is 137 cm³/mol. The number of thiocarbonyl (C=S) groups is 1. The van der Waals surface area contributed by atoms with E-state index in [1.54, 1.807) is 7.11 Å². The van der Waals surface area contributed by atoms with Gasteiger partial charge in [-0.3, -0.25) is 4.90 Å². The number of methoxy groups -OCH3 is 1. The van der Waals surface area contributed by atoms with Gasteiger partial charge in [0.1, 0.15) is 5.75 Å². The minimum atomic E-state index is -0.261. The van der Waals surface area contributed by atoms with E-state index < -0.39 is 0 Å². The maximum absolute atomic E-state index is 5.83. The van der Waals surface area contributed by atoms with E-state index in [0.717, 1.165) is 39.4 Å². The van der Waals surface area contributed by atoms with Gasteiger partial charge in [-0.25, -0.2) is 0 Å². The Bertz CT molecular complexity index is 1360. The monoisotopic (exact) mass is 468 g/mol. The van der Waals surface area contributed by atoms with Crippen molar-refractivity contribution in [3.8, 4) is 17.1 Å². The predicted octanol–water partition coefficient (Wildman–Crippen LogP) is 5.92. The fourth-order valence-corrected chi connectivity index (χ4v) is 4.54. The first-order valence-corrected chi connectivity index (χ1v) is 11.4. The summed E-state index contributed by atoms with van der Waals surface area (Å²) in [5, 5.41) is 8.37. The smallest absolute Gasteiger partial charge is 0.258 e. The number of allylic oxidation sites excluding steroid dienone is 1. The van der Waals surface area contributed by atoms with Crippen LogP contribution in [0, 0.1) is 6.92 Å². The second-order valence-corrected chi connectivity index (χ2v) is 8.51. The van der Waals surface area contributed by atoms with Gasteiger partial charge in [0, 0.05) is 16.9 Å². The van der Waals surface area contributed by atoms with Gasteiger partial charge in [-0.15, -0.1) is 0 Å². The third-order valence-electron chi connectivity index (χ3n) is 5.88. The van der Waals surface area contributed by atoms with Crippen molar-refractivity contribution in [1.82, 2.24) is 15.5 Å². The van der Waals surface area contributed by atoms with Gasteiger partial charge in [0.15, 0.2) is 5.11 Å². The molecule has 0 aliphatic carbocycles. The van der Waals surface area contributed by atoms with Crippen molar-refractivity contribution in [3.63, 3.8) is 0 Å². The summed E-state index contributed by atoms with van der Waals surface area (Å²) in [6.45, 7) is 4.10. The van der Waals surface area contributed by atoms with Crippen molar-refractivity contribution in [2.45, 2.75) is 19.9 Å². The largest absolute Gasteiger partial charge is 0.497 e. The molecule has 34 heavy (non-hydrogen) atoms. The van der Waals surface area contributed by atoms with Crippen LogP contribution in [0.3, 0.4) is 0 Å². The van der Waals surface area contributed by atoms with E-state index in [9.17, 15) is 0 Å². The van der Waals surface area contributed by atoms with Gasteiger partial charge in [-0.1, -0.05) is 59.8 Å². The number of ether oxygens (including phenoxy) is 1. The Morgan fingerprint density at radius 3 is 2.44 bits per heavy atom.